The molecule has 4 fully saturated rings. The average Bonchev–Trinajstić information content (AvgIpc) is 0.752. The van der Waals surface area contributed by atoms with Gasteiger partial charge in [0.05, 0.1) is 116 Å². The first-order chi connectivity index (χ1) is 72.5. The number of hydrogen-bond acceptors (Lipinski definition) is 16. The van der Waals surface area contributed by atoms with Gasteiger partial charge < -0.3 is 66.6 Å². The molecule has 0 bridgehead atoms. The van der Waals surface area contributed by atoms with Crippen LogP contribution in [0.15, 0.2) is 389 Å². The van der Waals surface area contributed by atoms with E-state index in [9.17, 15) is 19.2 Å². The van der Waals surface area contributed by atoms with Crippen LogP contribution in [0.4, 0.5) is 0 Å². The summed E-state index contributed by atoms with van der Waals surface area (Å²) in [6.07, 6.45) is 5.40. The molecule has 12 aromatic carbocycles. The third-order valence-electron chi connectivity index (χ3n) is 24.0. The molecule has 4 aliphatic heterocycles. The van der Waals surface area contributed by atoms with E-state index in [1.165, 1.54) is 14.2 Å². The largest absolute Gasteiger partial charge is 0.469 e. The standard InChI is InChI=1S/C38H42O5.C37H40O5.2C20H21NO3.6C2H6.CH3Br/c1-2-3-24-34-36(40-26-31-18-10-5-11-19-31)38(42-28-33-22-14-7-15-23-33)37(41-27-32-20-12-6-13-21-32)35(43-34)29-39-25-30-16-8-4-9-17-30;1-2-15-33-35(39-25-30-18-9-4-10-19-30)37(41-27-32-22-13-6-14-23-32)36(40-26-31-20-11-5-12-21-31)34(42-33)28-38-24-29-16-7-3-8-17-29;2*1-24-18(22)13-12-17-19(16-10-6-3-7-11-16)21(20(17)23)14-15-8-4-2-5-9-15;7*1-2/h2-23,34-38H,24-29H2,1H3;2-14,16-23,33-37H,1,15,24-28H2;2*2-11,17,19H,12-14H2,1H3;6*1-2H3;1H3/b3-2+;;;;;;;;;;/t34-,35+,36-,37+,38+;33-,34+,35-,36+,37+;2*17-,19-;;;;;;;/m0011......./s1. The van der Waals surface area contributed by atoms with Gasteiger partial charge in [-0.25, -0.2) is 0 Å². The Morgan fingerprint density at radius 1 is 0.299 bits per heavy atom. The number of likely N-dealkylation sites (tertiary alicyclic amines) is 2. The van der Waals surface area contributed by atoms with Gasteiger partial charge in [-0.05, 0) is 105 Å². The van der Waals surface area contributed by atoms with Gasteiger partial charge in [-0.3, -0.25) is 19.2 Å². The maximum atomic E-state index is 12.6. The summed E-state index contributed by atoms with van der Waals surface area (Å²) >= 11 is 2.94. The quantitative estimate of drug-likeness (QED) is 0.0152. The molecule has 4 heterocycles. The van der Waals surface area contributed by atoms with Crippen molar-refractivity contribution in [3.63, 3.8) is 0 Å². The van der Waals surface area contributed by atoms with E-state index in [0.29, 0.717) is 105 Å². The van der Waals surface area contributed by atoms with E-state index in [1.807, 2.05) is 379 Å². The highest BCUT2D eigenvalue weighted by molar-refractivity contribution is 9.08. The number of benzene rings is 12. The molecule has 4 saturated heterocycles. The minimum Gasteiger partial charge on any atom is -0.469 e. The van der Waals surface area contributed by atoms with Gasteiger partial charge in [0, 0.05) is 25.9 Å². The average molecular weight is 2070 g/mol. The second-order valence-corrected chi connectivity index (χ2v) is 33.4. The van der Waals surface area contributed by atoms with E-state index in [-0.39, 0.29) is 103 Å². The summed E-state index contributed by atoms with van der Waals surface area (Å²) in [5, 5.41) is 0. The Labute approximate surface area is 888 Å². The Hall–Kier alpha value is -11.9. The van der Waals surface area contributed by atoms with Gasteiger partial charge >= 0.3 is 11.9 Å². The predicted molar refractivity (Wildman–Crippen MR) is 599 cm³/mol. The van der Waals surface area contributed by atoms with Crippen LogP contribution < -0.4 is 0 Å². The predicted octanol–water partition coefficient (Wildman–Crippen LogP) is 28.8. The van der Waals surface area contributed by atoms with Crippen molar-refractivity contribution in [2.75, 3.05) is 33.3 Å². The normalized spacial score (nSPS) is 19.5. The van der Waals surface area contributed by atoms with Crippen LogP contribution in [0, 0.1) is 11.8 Å². The molecule has 2 amide bonds. The van der Waals surface area contributed by atoms with Crippen LogP contribution in [0.2, 0.25) is 0 Å². The number of alkyl halides is 1. The lowest BCUT2D eigenvalue weighted by Gasteiger charge is -2.47. The van der Waals surface area contributed by atoms with Gasteiger partial charge in [0.2, 0.25) is 11.8 Å². The molecule has 147 heavy (non-hydrogen) atoms. The highest BCUT2D eigenvalue weighted by atomic mass is 79.9. The minimum atomic E-state index is -0.425. The van der Waals surface area contributed by atoms with E-state index < -0.39 is 18.3 Å². The van der Waals surface area contributed by atoms with Gasteiger partial charge in [-0.15, -0.1) is 6.58 Å². The Bertz CT molecular complexity index is 5230. The number of rotatable bonds is 42. The SMILES string of the molecule is C/C=C/C[C@@H]1O[C@H](COCc2ccccc2)[C@@H](OCc2ccccc2)[C@H](OCc2ccccc2)[C@H]1OCc1ccccc1.C=CC[C@@H]1O[C@H](COCc2ccccc2)[C@@H](OCc2ccccc2)[C@H](OCc2ccccc2)[C@H]1OCc1ccccc1.CBr.CC.CC.CC.CC.CC.CC.COC(=O)CC[C@H]1C(=O)N(Cc2ccccc2)[C@@H]1c1ccccc1.COC(=O)CC[C@H]1C(=O)N(Cc2ccccc2)[C@@H]1c1ccccc1. The highest BCUT2D eigenvalue weighted by Gasteiger charge is 2.52. The molecule has 0 aliphatic carbocycles. The fourth-order valence-corrected chi connectivity index (χ4v) is 17.2. The number of nitrogens with zero attached hydrogens (tertiary/aromatic N) is 2. The molecule has 0 spiro atoms. The topological polar surface area (TPSA) is 186 Å². The lowest BCUT2D eigenvalue weighted by molar-refractivity contribution is -0.271. The van der Waals surface area contributed by atoms with E-state index in [1.54, 1.807) is 0 Å². The summed E-state index contributed by atoms with van der Waals surface area (Å²) in [4.78, 5) is 51.9. The van der Waals surface area contributed by atoms with Crippen molar-refractivity contribution in [3.05, 3.63) is 456 Å². The number of allylic oxidation sites excluding steroid dienone is 1. The summed E-state index contributed by atoms with van der Waals surface area (Å²) < 4.78 is 75.5. The van der Waals surface area contributed by atoms with Crippen molar-refractivity contribution >= 4 is 39.7 Å². The van der Waals surface area contributed by atoms with Crippen LogP contribution in [-0.4, -0.2) is 128 Å². The van der Waals surface area contributed by atoms with Crippen LogP contribution in [0.5, 0.6) is 0 Å². The third kappa shape index (κ3) is 42.3. The maximum absolute atomic E-state index is 12.6. The summed E-state index contributed by atoms with van der Waals surface area (Å²) in [5.41, 5.74) is 13.2. The van der Waals surface area contributed by atoms with Crippen molar-refractivity contribution < 1.29 is 76.0 Å². The smallest absolute Gasteiger partial charge is 0.305 e. The fourth-order valence-electron chi connectivity index (χ4n) is 17.2. The van der Waals surface area contributed by atoms with Crippen LogP contribution in [0.3, 0.4) is 0 Å². The molecule has 4 aliphatic rings. The molecular formula is C128H163BrN2O16. The molecule has 788 valence electrons. The Kier molecular flexibility index (Phi) is 63.8. The van der Waals surface area contributed by atoms with Gasteiger partial charge in [0.25, 0.3) is 0 Å². The second kappa shape index (κ2) is 75.7. The first-order valence-corrected chi connectivity index (χ1v) is 54.1. The number of amides is 2. The van der Waals surface area contributed by atoms with E-state index >= 15 is 0 Å². The van der Waals surface area contributed by atoms with E-state index in [0.717, 1.165) is 66.8 Å². The van der Waals surface area contributed by atoms with E-state index in [4.69, 9.17) is 56.8 Å². The number of carbonyl (C=O) groups excluding carboxylic acids is 4. The van der Waals surface area contributed by atoms with Crippen LogP contribution in [0.1, 0.15) is 207 Å². The summed E-state index contributed by atoms with van der Waals surface area (Å²) in [5.74, 6) is 1.18. The lowest BCUT2D eigenvalue weighted by Crippen LogP contribution is -2.61. The summed E-state index contributed by atoms with van der Waals surface area (Å²) in [7, 11) is 2.75. The van der Waals surface area contributed by atoms with Crippen molar-refractivity contribution in [3.8, 4) is 0 Å². The number of hydrogen-bond donors (Lipinski definition) is 0. The second-order valence-electron chi connectivity index (χ2n) is 33.4. The maximum Gasteiger partial charge on any atom is 0.305 e. The van der Waals surface area contributed by atoms with Gasteiger partial charge in [-0.1, -0.05) is 481 Å². The fraction of sp³-hybridized carbons (Fsp3) is 0.375. The zero-order valence-electron chi connectivity index (χ0n) is 89.7. The molecule has 0 aromatic heterocycles. The summed E-state index contributed by atoms with van der Waals surface area (Å²) in [6.45, 7) is 35.5. The van der Waals surface area contributed by atoms with Crippen molar-refractivity contribution in [2.24, 2.45) is 11.8 Å². The Balaban J connectivity index is 0.000000296. The highest BCUT2D eigenvalue weighted by Crippen LogP contribution is 2.46. The number of halogens is 1. The first-order valence-electron chi connectivity index (χ1n) is 52.5. The van der Waals surface area contributed by atoms with Crippen LogP contribution in [-0.2, 0) is 142 Å². The molecule has 18 nitrogen and oxygen atoms in total. The minimum absolute atomic E-state index is 0.0172. The molecule has 0 unspecified atom stereocenters. The first kappa shape index (κ1) is 124. The van der Waals surface area contributed by atoms with Crippen molar-refractivity contribution in [1.29, 1.82) is 0 Å². The molecular weight excluding hydrogens is 1900 g/mol. The zero-order chi connectivity index (χ0) is 106. The molecule has 19 heteroatoms. The molecule has 0 N–H and O–H groups in total. The van der Waals surface area contributed by atoms with Gasteiger partial charge in [0.1, 0.15) is 48.8 Å². The van der Waals surface area contributed by atoms with Crippen LogP contribution in [0.25, 0.3) is 0 Å². The van der Waals surface area contributed by atoms with Crippen LogP contribution >= 0.6 is 15.9 Å². The molecule has 12 aromatic rings. The summed E-state index contributed by atoms with van der Waals surface area (Å²) in [6, 6.07) is 122. The van der Waals surface area contributed by atoms with Crippen molar-refractivity contribution in [1.82, 2.24) is 9.80 Å². The molecule has 16 rings (SSSR count). The molecule has 0 radical (unpaired) electrons. The number of esters is 2. The number of carbonyl (C=O) groups is 4. The zero-order valence-corrected chi connectivity index (χ0v) is 91.3. The lowest BCUT2D eigenvalue weighted by atomic mass is 9.79. The number of methoxy groups -OCH3 is 2. The number of β-lactam (4-membered cyclic amide) rings is 2. The molecule has 0 saturated carbocycles. The molecule has 14 atom stereocenters. The third-order valence-corrected chi connectivity index (χ3v) is 24.0. The Morgan fingerprint density at radius 2 is 0.510 bits per heavy atom. The number of ether oxygens (including phenoxy) is 12. The van der Waals surface area contributed by atoms with Crippen molar-refractivity contribution in [2.45, 2.75) is 268 Å². The van der Waals surface area contributed by atoms with E-state index in [2.05, 4.69) is 132 Å². The van der Waals surface area contributed by atoms with Gasteiger partial charge in [0.15, 0.2) is 0 Å². The Morgan fingerprint density at radius 3 is 0.741 bits per heavy atom. The monoisotopic (exact) mass is 2060 g/mol. The van der Waals surface area contributed by atoms with Gasteiger partial charge in [-0.2, -0.15) is 0 Å².